The highest BCUT2D eigenvalue weighted by molar-refractivity contribution is 7.10. The molecule has 20 heavy (non-hydrogen) atoms. The molecule has 0 saturated heterocycles. The van der Waals surface area contributed by atoms with Gasteiger partial charge in [0.25, 0.3) is 0 Å². The predicted octanol–water partition coefficient (Wildman–Crippen LogP) is 2.54. The van der Waals surface area contributed by atoms with Crippen molar-refractivity contribution in [1.29, 1.82) is 0 Å². The monoisotopic (exact) mass is 292 g/mol. The number of fused-ring (bicyclic) bond motifs is 1. The lowest BCUT2D eigenvalue weighted by molar-refractivity contribution is -0.144. The molecule has 2 aromatic heterocycles. The van der Waals surface area contributed by atoms with Crippen molar-refractivity contribution >= 4 is 17.3 Å². The summed E-state index contributed by atoms with van der Waals surface area (Å²) in [5.41, 5.74) is 1.77. The number of rotatable bonds is 3. The Morgan fingerprint density at radius 1 is 1.60 bits per heavy atom. The second kappa shape index (κ2) is 5.03. The van der Waals surface area contributed by atoms with E-state index in [-0.39, 0.29) is 0 Å². The van der Waals surface area contributed by atoms with E-state index in [1.807, 2.05) is 30.2 Å². The van der Waals surface area contributed by atoms with Gasteiger partial charge in [0.05, 0.1) is 12.2 Å². The Balaban J connectivity index is 1.87. The van der Waals surface area contributed by atoms with Crippen LogP contribution in [0.25, 0.3) is 0 Å². The highest BCUT2D eigenvalue weighted by atomic mass is 32.1. The van der Waals surface area contributed by atoms with E-state index in [9.17, 15) is 9.90 Å². The van der Waals surface area contributed by atoms with Gasteiger partial charge in [0.2, 0.25) is 5.89 Å². The molecule has 0 saturated carbocycles. The van der Waals surface area contributed by atoms with Crippen molar-refractivity contribution in [3.63, 3.8) is 0 Å². The number of aliphatic carboxylic acids is 1. The molecule has 0 aliphatic carbocycles. The lowest BCUT2D eigenvalue weighted by atomic mass is 10.00. The highest BCUT2D eigenvalue weighted by Crippen LogP contribution is 2.34. The minimum absolute atomic E-state index is 0.431. The Morgan fingerprint density at radius 3 is 3.05 bits per heavy atom. The van der Waals surface area contributed by atoms with E-state index >= 15 is 0 Å². The molecule has 0 bridgehead atoms. The van der Waals surface area contributed by atoms with Gasteiger partial charge in [-0.05, 0) is 37.3 Å². The standard InChI is InChI=1S/C14H16N2O3S/c1-8-9(2)19-12(15-8)7-16-5-3-11-10(4-6-20-11)13(16)14(17)18/h4,6,13H,3,5,7H2,1-2H3,(H,17,18). The molecule has 106 valence electrons. The van der Waals surface area contributed by atoms with Crippen LogP contribution < -0.4 is 0 Å². The summed E-state index contributed by atoms with van der Waals surface area (Å²) in [7, 11) is 0. The van der Waals surface area contributed by atoms with E-state index in [0.29, 0.717) is 19.0 Å². The third kappa shape index (κ3) is 2.25. The zero-order valence-electron chi connectivity index (χ0n) is 11.4. The van der Waals surface area contributed by atoms with Gasteiger partial charge in [-0.25, -0.2) is 4.98 Å². The lowest BCUT2D eigenvalue weighted by Gasteiger charge is -2.31. The van der Waals surface area contributed by atoms with Crippen LogP contribution in [-0.4, -0.2) is 27.5 Å². The summed E-state index contributed by atoms with van der Waals surface area (Å²) < 4.78 is 5.57. The Kier molecular flexibility index (Phi) is 3.35. The van der Waals surface area contributed by atoms with Gasteiger partial charge in [0.1, 0.15) is 11.8 Å². The number of thiophene rings is 1. The van der Waals surface area contributed by atoms with Crippen LogP contribution in [-0.2, 0) is 17.8 Å². The van der Waals surface area contributed by atoms with E-state index in [1.165, 1.54) is 4.88 Å². The topological polar surface area (TPSA) is 66.6 Å². The van der Waals surface area contributed by atoms with Gasteiger partial charge in [0, 0.05) is 11.4 Å². The molecule has 1 atom stereocenters. The van der Waals surface area contributed by atoms with Crippen molar-refractivity contribution in [2.24, 2.45) is 0 Å². The minimum Gasteiger partial charge on any atom is -0.480 e. The summed E-state index contributed by atoms with van der Waals surface area (Å²) in [6, 6.07) is 1.31. The van der Waals surface area contributed by atoms with Crippen LogP contribution in [0.15, 0.2) is 15.9 Å². The minimum atomic E-state index is -0.815. The molecule has 2 aromatic rings. The number of carbonyl (C=O) groups is 1. The zero-order chi connectivity index (χ0) is 14.3. The number of carboxylic acid groups (broad SMARTS) is 1. The normalized spacial score (nSPS) is 19.0. The van der Waals surface area contributed by atoms with Gasteiger partial charge in [-0.3, -0.25) is 9.69 Å². The largest absolute Gasteiger partial charge is 0.480 e. The summed E-state index contributed by atoms with van der Waals surface area (Å²) in [6.45, 7) is 4.91. The number of aryl methyl sites for hydroxylation is 2. The molecular formula is C14H16N2O3S. The average Bonchev–Trinajstić information content (AvgIpc) is 2.96. The quantitative estimate of drug-likeness (QED) is 0.941. The van der Waals surface area contributed by atoms with Crippen LogP contribution in [0.1, 0.15) is 33.8 Å². The number of hydrogen-bond donors (Lipinski definition) is 1. The number of nitrogens with zero attached hydrogens (tertiary/aromatic N) is 2. The molecule has 3 rings (SSSR count). The maximum Gasteiger partial charge on any atom is 0.325 e. The van der Waals surface area contributed by atoms with Crippen LogP contribution in [0.5, 0.6) is 0 Å². The van der Waals surface area contributed by atoms with Gasteiger partial charge < -0.3 is 9.52 Å². The Hall–Kier alpha value is -1.66. The number of carboxylic acids is 1. The first-order valence-electron chi connectivity index (χ1n) is 6.52. The van der Waals surface area contributed by atoms with E-state index < -0.39 is 12.0 Å². The molecule has 1 unspecified atom stereocenters. The molecule has 6 heteroatoms. The van der Waals surface area contributed by atoms with Crippen molar-refractivity contribution in [2.75, 3.05) is 6.54 Å². The van der Waals surface area contributed by atoms with E-state index in [1.54, 1.807) is 11.3 Å². The number of oxazole rings is 1. The van der Waals surface area contributed by atoms with E-state index in [2.05, 4.69) is 4.98 Å². The molecule has 0 aromatic carbocycles. The Labute approximate surface area is 120 Å². The molecular weight excluding hydrogens is 276 g/mol. The summed E-state index contributed by atoms with van der Waals surface area (Å²) in [6.07, 6.45) is 0.884. The smallest absolute Gasteiger partial charge is 0.325 e. The number of aromatic nitrogens is 1. The lowest BCUT2D eigenvalue weighted by Crippen LogP contribution is -2.38. The SMILES string of the molecule is Cc1nc(CN2CCc3sccc3C2C(=O)O)oc1C. The van der Waals surface area contributed by atoms with Gasteiger partial charge in [-0.2, -0.15) is 0 Å². The maximum atomic E-state index is 11.6. The van der Waals surface area contributed by atoms with E-state index in [0.717, 1.165) is 23.4 Å². The van der Waals surface area contributed by atoms with Crippen LogP contribution in [0.2, 0.25) is 0 Å². The summed E-state index contributed by atoms with van der Waals surface area (Å²) in [5.74, 6) is 0.564. The Bertz CT molecular complexity index is 627. The maximum absolute atomic E-state index is 11.6. The summed E-state index contributed by atoms with van der Waals surface area (Å²) in [4.78, 5) is 19.0. The molecule has 0 radical (unpaired) electrons. The van der Waals surface area contributed by atoms with Gasteiger partial charge in [-0.15, -0.1) is 11.3 Å². The van der Waals surface area contributed by atoms with Crippen LogP contribution in [0.4, 0.5) is 0 Å². The van der Waals surface area contributed by atoms with E-state index in [4.69, 9.17) is 4.42 Å². The first-order chi connectivity index (χ1) is 9.56. The van der Waals surface area contributed by atoms with Gasteiger partial charge in [0.15, 0.2) is 0 Å². The summed E-state index contributed by atoms with van der Waals surface area (Å²) >= 11 is 1.63. The number of hydrogen-bond acceptors (Lipinski definition) is 5. The van der Waals surface area contributed by atoms with Crippen LogP contribution in [0.3, 0.4) is 0 Å². The van der Waals surface area contributed by atoms with Crippen LogP contribution >= 0.6 is 11.3 Å². The first-order valence-corrected chi connectivity index (χ1v) is 7.40. The van der Waals surface area contributed by atoms with Crippen molar-refractivity contribution in [1.82, 2.24) is 9.88 Å². The first kappa shape index (κ1) is 13.3. The van der Waals surface area contributed by atoms with Crippen LogP contribution in [0, 0.1) is 13.8 Å². The zero-order valence-corrected chi connectivity index (χ0v) is 12.2. The molecule has 0 spiro atoms. The second-order valence-corrected chi connectivity index (χ2v) is 6.01. The van der Waals surface area contributed by atoms with Crippen molar-refractivity contribution < 1.29 is 14.3 Å². The van der Waals surface area contributed by atoms with Crippen molar-refractivity contribution in [3.05, 3.63) is 39.2 Å². The molecule has 5 nitrogen and oxygen atoms in total. The molecule has 3 heterocycles. The van der Waals surface area contributed by atoms with Gasteiger partial charge >= 0.3 is 5.97 Å². The fourth-order valence-electron chi connectivity index (χ4n) is 2.61. The average molecular weight is 292 g/mol. The third-order valence-electron chi connectivity index (χ3n) is 3.71. The second-order valence-electron chi connectivity index (χ2n) is 5.01. The third-order valence-corrected chi connectivity index (χ3v) is 4.71. The molecule has 1 N–H and O–H groups in total. The van der Waals surface area contributed by atoms with Crippen molar-refractivity contribution in [3.8, 4) is 0 Å². The van der Waals surface area contributed by atoms with Crippen molar-refractivity contribution in [2.45, 2.75) is 32.9 Å². The highest BCUT2D eigenvalue weighted by Gasteiger charge is 2.34. The molecule has 0 fully saturated rings. The van der Waals surface area contributed by atoms with Gasteiger partial charge in [-0.1, -0.05) is 0 Å². The molecule has 1 aliphatic heterocycles. The molecule has 1 aliphatic rings. The fourth-order valence-corrected chi connectivity index (χ4v) is 3.51. The predicted molar refractivity (Wildman–Crippen MR) is 74.8 cm³/mol. The molecule has 0 amide bonds. The fraction of sp³-hybridized carbons (Fsp3) is 0.429. The summed E-state index contributed by atoms with van der Waals surface area (Å²) in [5, 5.41) is 11.5. The Morgan fingerprint density at radius 2 is 2.40 bits per heavy atom.